The molecule has 0 saturated carbocycles. The van der Waals surface area contributed by atoms with Gasteiger partial charge in [-0.05, 0) is 6.42 Å². The Kier molecular flexibility index (Phi) is 6.84. The molecule has 0 spiro atoms. The summed E-state index contributed by atoms with van der Waals surface area (Å²) in [5.41, 5.74) is 0. The highest BCUT2D eigenvalue weighted by Crippen LogP contribution is 2.25. The normalized spacial score (nSPS) is 12.0. The molecule has 0 saturated heterocycles. The molecule has 0 rings (SSSR count). The van der Waals surface area contributed by atoms with Crippen molar-refractivity contribution in [2.45, 2.75) is 30.0 Å². The molecule has 0 aliphatic rings. The van der Waals surface area contributed by atoms with Crippen LogP contribution in [0.4, 0.5) is 0 Å². The average molecular weight is 220 g/mol. The molecule has 1 nitrogen and oxygen atoms in total. The second kappa shape index (κ2) is 6.36. The maximum Gasteiger partial charge on any atom is 0.213 e. The summed E-state index contributed by atoms with van der Waals surface area (Å²) in [6.45, 7) is 3.00. The third-order valence-corrected chi connectivity index (χ3v) is 1.49. The number of alkyl halides is 3. The molecule has 0 aromatic carbocycles. The molecular formula is C7H13Cl3O. The molecule has 0 atom stereocenters. The van der Waals surface area contributed by atoms with E-state index in [9.17, 15) is 0 Å². The van der Waals surface area contributed by atoms with Crippen LogP contribution in [0.1, 0.15) is 26.2 Å². The van der Waals surface area contributed by atoms with Gasteiger partial charge in [-0.1, -0.05) is 54.6 Å². The molecule has 68 valence electrons. The first-order valence-corrected chi connectivity index (χ1v) is 4.84. The highest BCUT2D eigenvalue weighted by molar-refractivity contribution is 6.67. The van der Waals surface area contributed by atoms with E-state index < -0.39 is 3.79 Å². The number of hydrogen-bond acceptors (Lipinski definition) is 1. The molecule has 4 heteroatoms. The smallest absolute Gasteiger partial charge is 0.213 e. The van der Waals surface area contributed by atoms with Crippen LogP contribution in [0, 0.1) is 0 Å². The van der Waals surface area contributed by atoms with E-state index in [1.54, 1.807) is 0 Å². The van der Waals surface area contributed by atoms with Gasteiger partial charge in [0.05, 0.1) is 6.61 Å². The topological polar surface area (TPSA) is 9.23 Å². The first-order chi connectivity index (χ1) is 5.06. The molecule has 11 heavy (non-hydrogen) atoms. The highest BCUT2D eigenvalue weighted by Gasteiger charge is 2.18. The lowest BCUT2D eigenvalue weighted by molar-refractivity contribution is 0.135. The first kappa shape index (κ1) is 11.8. The maximum atomic E-state index is 5.45. The molecule has 0 unspecified atom stereocenters. The summed E-state index contributed by atoms with van der Waals surface area (Å²) in [4.78, 5) is 0. The molecule has 0 aromatic heterocycles. The minimum Gasteiger partial charge on any atom is -0.377 e. The van der Waals surface area contributed by atoms with Gasteiger partial charge in [-0.3, -0.25) is 0 Å². The Morgan fingerprint density at radius 3 is 2.27 bits per heavy atom. The molecule has 0 radical (unpaired) electrons. The summed E-state index contributed by atoms with van der Waals surface area (Å²) < 4.78 is 3.85. The second-order valence-electron chi connectivity index (χ2n) is 2.37. The highest BCUT2D eigenvalue weighted by atomic mass is 35.6. The lowest BCUT2D eigenvalue weighted by atomic mass is 10.3. The fraction of sp³-hybridized carbons (Fsp3) is 1.00. The Morgan fingerprint density at radius 2 is 1.82 bits per heavy atom. The number of rotatable bonds is 5. The Hall–Kier alpha value is 0.830. The van der Waals surface area contributed by atoms with E-state index in [0.29, 0.717) is 6.61 Å². The molecule has 0 amide bonds. The van der Waals surface area contributed by atoms with Gasteiger partial charge in [-0.2, -0.15) is 0 Å². The average Bonchev–Trinajstić information content (AvgIpc) is 1.85. The minimum atomic E-state index is -1.26. The van der Waals surface area contributed by atoms with Crippen molar-refractivity contribution in [1.82, 2.24) is 0 Å². The molecular weight excluding hydrogens is 206 g/mol. The van der Waals surface area contributed by atoms with E-state index in [0.717, 1.165) is 6.42 Å². The summed E-state index contributed by atoms with van der Waals surface area (Å²) in [5.74, 6) is 0. The second-order valence-corrected chi connectivity index (χ2v) is 4.89. The van der Waals surface area contributed by atoms with E-state index in [1.165, 1.54) is 12.8 Å². The number of unbranched alkanes of at least 4 members (excludes halogenated alkanes) is 2. The molecule has 0 aromatic rings. The van der Waals surface area contributed by atoms with E-state index >= 15 is 0 Å². The molecule has 0 aliphatic carbocycles. The van der Waals surface area contributed by atoms with Gasteiger partial charge in [0, 0.05) is 6.61 Å². The largest absolute Gasteiger partial charge is 0.377 e. The molecule has 0 heterocycles. The van der Waals surface area contributed by atoms with Crippen LogP contribution in [-0.4, -0.2) is 17.0 Å². The van der Waals surface area contributed by atoms with E-state index in [-0.39, 0.29) is 6.61 Å². The molecule has 0 aliphatic heterocycles. The van der Waals surface area contributed by atoms with Crippen LogP contribution in [0.3, 0.4) is 0 Å². The molecule has 0 N–H and O–H groups in total. The van der Waals surface area contributed by atoms with Crippen molar-refractivity contribution in [2.24, 2.45) is 0 Å². The first-order valence-electron chi connectivity index (χ1n) is 3.70. The van der Waals surface area contributed by atoms with E-state index in [4.69, 9.17) is 39.5 Å². The van der Waals surface area contributed by atoms with E-state index in [2.05, 4.69) is 6.92 Å². The number of halogens is 3. The third kappa shape index (κ3) is 10.8. The third-order valence-electron chi connectivity index (χ3n) is 1.16. The van der Waals surface area contributed by atoms with Gasteiger partial charge in [0.2, 0.25) is 3.79 Å². The van der Waals surface area contributed by atoms with Crippen molar-refractivity contribution in [2.75, 3.05) is 13.2 Å². The molecule has 0 fully saturated rings. The van der Waals surface area contributed by atoms with Gasteiger partial charge in [0.25, 0.3) is 0 Å². The van der Waals surface area contributed by atoms with Crippen molar-refractivity contribution in [1.29, 1.82) is 0 Å². The summed E-state index contributed by atoms with van der Waals surface area (Å²) in [6.07, 6.45) is 3.38. The zero-order chi connectivity index (χ0) is 8.74. The number of hydrogen-bond donors (Lipinski definition) is 0. The fourth-order valence-corrected chi connectivity index (χ4v) is 0.873. The monoisotopic (exact) mass is 218 g/mol. The minimum absolute atomic E-state index is 0.182. The summed E-state index contributed by atoms with van der Waals surface area (Å²) in [6, 6.07) is 0. The Labute approximate surface area is 83.0 Å². The summed E-state index contributed by atoms with van der Waals surface area (Å²) in [5, 5.41) is 0. The zero-order valence-corrected chi connectivity index (χ0v) is 8.85. The lowest BCUT2D eigenvalue weighted by Gasteiger charge is -2.10. The van der Waals surface area contributed by atoms with Crippen LogP contribution in [-0.2, 0) is 4.74 Å². The van der Waals surface area contributed by atoms with Crippen molar-refractivity contribution in [3.63, 3.8) is 0 Å². The molecule has 0 bridgehead atoms. The van der Waals surface area contributed by atoms with Crippen LogP contribution in [0.25, 0.3) is 0 Å². The van der Waals surface area contributed by atoms with Crippen LogP contribution in [0.15, 0.2) is 0 Å². The predicted octanol–water partition coefficient (Wildman–Crippen LogP) is 3.56. The van der Waals surface area contributed by atoms with Gasteiger partial charge >= 0.3 is 0 Å². The van der Waals surface area contributed by atoms with Gasteiger partial charge < -0.3 is 4.74 Å². The van der Waals surface area contributed by atoms with Crippen LogP contribution in [0.2, 0.25) is 0 Å². The van der Waals surface area contributed by atoms with Crippen LogP contribution >= 0.6 is 34.8 Å². The van der Waals surface area contributed by atoms with Gasteiger partial charge in [-0.25, -0.2) is 0 Å². The quantitative estimate of drug-likeness (QED) is 0.507. The Bertz CT molecular complexity index is 90.2. The summed E-state index contributed by atoms with van der Waals surface area (Å²) in [7, 11) is 0. The van der Waals surface area contributed by atoms with Crippen LogP contribution in [0.5, 0.6) is 0 Å². The van der Waals surface area contributed by atoms with Gasteiger partial charge in [-0.15, -0.1) is 0 Å². The SMILES string of the molecule is CCCCCOCC(Cl)(Cl)Cl. The lowest BCUT2D eigenvalue weighted by Crippen LogP contribution is -2.13. The number of ether oxygens (including phenoxy) is 1. The van der Waals surface area contributed by atoms with Crippen LogP contribution < -0.4 is 0 Å². The van der Waals surface area contributed by atoms with Crippen molar-refractivity contribution in [3.8, 4) is 0 Å². The van der Waals surface area contributed by atoms with E-state index in [1.807, 2.05) is 0 Å². The van der Waals surface area contributed by atoms with Gasteiger partial charge in [0.15, 0.2) is 0 Å². The Morgan fingerprint density at radius 1 is 1.18 bits per heavy atom. The van der Waals surface area contributed by atoms with Gasteiger partial charge in [0.1, 0.15) is 0 Å². The fourth-order valence-electron chi connectivity index (χ4n) is 0.642. The standard InChI is InChI=1S/C7H13Cl3O/c1-2-3-4-5-11-6-7(8,9)10/h2-6H2,1H3. The summed E-state index contributed by atoms with van der Waals surface area (Å²) >= 11 is 16.4. The zero-order valence-electron chi connectivity index (χ0n) is 6.58. The maximum absolute atomic E-state index is 5.45. The van der Waals surface area contributed by atoms with Crippen molar-refractivity contribution in [3.05, 3.63) is 0 Å². The van der Waals surface area contributed by atoms with Crippen molar-refractivity contribution >= 4 is 34.8 Å². The Balaban J connectivity index is 3.02. The predicted molar refractivity (Wildman–Crippen MR) is 50.6 cm³/mol. The van der Waals surface area contributed by atoms with Crippen molar-refractivity contribution < 1.29 is 4.74 Å².